The molecule has 1 aliphatic heterocycles. The van der Waals surface area contributed by atoms with Crippen LogP contribution in [0.2, 0.25) is 0 Å². The number of carbonyl (C=O) groups is 2. The molecule has 0 spiro atoms. The van der Waals surface area contributed by atoms with Crippen molar-refractivity contribution in [3.8, 4) is 5.75 Å². The number of rotatable bonds is 6. The number of ether oxygens (including phenoxy) is 2. The SMILES string of the molecule is COC(=O)C1(NC(=O)C2CCN(S(=O)(=O)c3ccc(OC)cc3)CC2)CCCCCC1. The topological polar surface area (TPSA) is 102 Å². The summed E-state index contributed by atoms with van der Waals surface area (Å²) in [5.41, 5.74) is -0.964. The third kappa shape index (κ3) is 5.20. The average molecular weight is 453 g/mol. The van der Waals surface area contributed by atoms with Crippen LogP contribution in [-0.4, -0.2) is 57.4 Å². The Hall–Kier alpha value is -2.13. The predicted octanol–water partition coefficient (Wildman–Crippen LogP) is 2.48. The summed E-state index contributed by atoms with van der Waals surface area (Å²) >= 11 is 0. The summed E-state index contributed by atoms with van der Waals surface area (Å²) in [5, 5.41) is 3.00. The highest BCUT2D eigenvalue weighted by Gasteiger charge is 2.43. The van der Waals surface area contributed by atoms with Crippen molar-refractivity contribution >= 4 is 21.9 Å². The Kier molecular flexibility index (Phi) is 7.59. The molecule has 0 radical (unpaired) electrons. The fourth-order valence-corrected chi connectivity index (χ4v) is 5.97. The number of nitrogens with zero attached hydrogens (tertiary/aromatic N) is 1. The number of amides is 1. The smallest absolute Gasteiger partial charge is 0.331 e. The molecule has 31 heavy (non-hydrogen) atoms. The van der Waals surface area contributed by atoms with Crippen LogP contribution in [0.25, 0.3) is 0 Å². The van der Waals surface area contributed by atoms with Crippen LogP contribution in [0.5, 0.6) is 5.75 Å². The highest BCUT2D eigenvalue weighted by atomic mass is 32.2. The summed E-state index contributed by atoms with van der Waals surface area (Å²) in [7, 11) is -0.748. The molecule has 3 rings (SSSR count). The molecule has 8 nitrogen and oxygen atoms in total. The second kappa shape index (κ2) is 9.99. The molecular weight excluding hydrogens is 420 g/mol. The zero-order valence-corrected chi connectivity index (χ0v) is 19.1. The van der Waals surface area contributed by atoms with Gasteiger partial charge >= 0.3 is 5.97 Å². The average Bonchev–Trinajstić information content (AvgIpc) is 3.05. The molecule has 0 bridgehead atoms. The van der Waals surface area contributed by atoms with Crippen LogP contribution in [-0.2, 0) is 24.3 Å². The third-order valence-corrected chi connectivity index (χ3v) is 8.33. The molecule has 0 unspecified atom stereocenters. The van der Waals surface area contributed by atoms with Crippen LogP contribution in [0.15, 0.2) is 29.2 Å². The first kappa shape index (κ1) is 23.5. The van der Waals surface area contributed by atoms with E-state index >= 15 is 0 Å². The number of benzene rings is 1. The quantitative estimate of drug-likeness (QED) is 0.526. The van der Waals surface area contributed by atoms with Crippen LogP contribution >= 0.6 is 0 Å². The summed E-state index contributed by atoms with van der Waals surface area (Å²) in [5.74, 6) is -0.310. The van der Waals surface area contributed by atoms with Gasteiger partial charge in [-0.1, -0.05) is 25.7 Å². The zero-order chi connectivity index (χ0) is 22.5. The van der Waals surface area contributed by atoms with Gasteiger partial charge in [-0.25, -0.2) is 13.2 Å². The van der Waals surface area contributed by atoms with Gasteiger partial charge in [-0.15, -0.1) is 0 Å². The minimum absolute atomic E-state index is 0.186. The molecule has 0 aromatic heterocycles. The molecular formula is C22H32N2O6S. The standard InChI is InChI=1S/C22H32N2O6S/c1-29-18-7-9-19(10-8-18)31(27,28)24-15-11-17(12-16-24)20(25)23-22(21(26)30-2)13-5-3-4-6-14-22/h7-10,17H,3-6,11-16H2,1-2H3,(H,23,25). The first-order valence-corrected chi connectivity index (χ1v) is 12.3. The molecule has 172 valence electrons. The van der Waals surface area contributed by atoms with Crippen molar-refractivity contribution in [2.24, 2.45) is 5.92 Å². The summed E-state index contributed by atoms with van der Waals surface area (Å²) in [6, 6.07) is 6.29. The number of sulfonamides is 1. The Morgan fingerprint density at radius 2 is 1.58 bits per heavy atom. The maximum absolute atomic E-state index is 13.0. The van der Waals surface area contributed by atoms with Gasteiger partial charge in [0.2, 0.25) is 15.9 Å². The summed E-state index contributed by atoms with van der Waals surface area (Å²) in [6.45, 7) is 0.523. The van der Waals surface area contributed by atoms with E-state index in [1.807, 2.05) is 0 Å². The molecule has 1 saturated carbocycles. The maximum Gasteiger partial charge on any atom is 0.331 e. The molecule has 1 aromatic rings. The monoisotopic (exact) mass is 452 g/mol. The minimum atomic E-state index is -3.63. The van der Waals surface area contributed by atoms with E-state index in [9.17, 15) is 18.0 Å². The van der Waals surface area contributed by atoms with Crippen LogP contribution in [0, 0.1) is 5.92 Å². The Morgan fingerprint density at radius 1 is 1.00 bits per heavy atom. The van der Waals surface area contributed by atoms with Gasteiger partial charge in [-0.05, 0) is 49.9 Å². The Morgan fingerprint density at radius 3 is 2.10 bits per heavy atom. The lowest BCUT2D eigenvalue weighted by Crippen LogP contribution is -2.57. The molecule has 1 aliphatic carbocycles. The van der Waals surface area contributed by atoms with Crippen molar-refractivity contribution in [2.75, 3.05) is 27.3 Å². The Bertz CT molecular complexity index is 868. The fourth-order valence-electron chi connectivity index (χ4n) is 4.50. The van der Waals surface area contributed by atoms with Crippen molar-refractivity contribution in [3.05, 3.63) is 24.3 Å². The van der Waals surface area contributed by atoms with E-state index in [2.05, 4.69) is 5.32 Å². The predicted molar refractivity (Wildman–Crippen MR) is 115 cm³/mol. The van der Waals surface area contributed by atoms with Crippen molar-refractivity contribution in [1.29, 1.82) is 0 Å². The largest absolute Gasteiger partial charge is 0.497 e. The van der Waals surface area contributed by atoms with Gasteiger partial charge in [0.15, 0.2) is 0 Å². The van der Waals surface area contributed by atoms with Gasteiger partial charge in [-0.3, -0.25) is 4.79 Å². The molecule has 1 saturated heterocycles. The normalized spacial score (nSPS) is 20.5. The zero-order valence-electron chi connectivity index (χ0n) is 18.3. The molecule has 1 aromatic carbocycles. The molecule has 0 atom stereocenters. The van der Waals surface area contributed by atoms with Crippen molar-refractivity contribution < 1.29 is 27.5 Å². The van der Waals surface area contributed by atoms with Crippen molar-refractivity contribution in [2.45, 2.75) is 61.8 Å². The fraction of sp³-hybridized carbons (Fsp3) is 0.636. The second-order valence-electron chi connectivity index (χ2n) is 8.33. The first-order chi connectivity index (χ1) is 14.8. The Balaban J connectivity index is 1.64. The number of methoxy groups -OCH3 is 2. The molecule has 9 heteroatoms. The summed E-state index contributed by atoms with van der Waals surface area (Å²) in [6.07, 6.45) is 5.80. The summed E-state index contributed by atoms with van der Waals surface area (Å²) in [4.78, 5) is 25.7. The van der Waals surface area contributed by atoms with Crippen molar-refractivity contribution in [1.82, 2.24) is 9.62 Å². The molecule has 2 aliphatic rings. The number of esters is 1. The number of carbonyl (C=O) groups excluding carboxylic acids is 2. The first-order valence-electron chi connectivity index (χ1n) is 10.9. The molecule has 1 amide bonds. The van der Waals surface area contributed by atoms with E-state index in [0.29, 0.717) is 31.4 Å². The van der Waals surface area contributed by atoms with E-state index in [0.717, 1.165) is 25.7 Å². The van der Waals surface area contributed by atoms with E-state index in [1.54, 1.807) is 12.1 Å². The van der Waals surface area contributed by atoms with E-state index in [-0.39, 0.29) is 35.8 Å². The highest BCUT2D eigenvalue weighted by molar-refractivity contribution is 7.89. The van der Waals surface area contributed by atoms with Gasteiger partial charge in [0.25, 0.3) is 0 Å². The Labute approximate surface area is 184 Å². The number of hydrogen-bond acceptors (Lipinski definition) is 6. The van der Waals surface area contributed by atoms with E-state index in [4.69, 9.17) is 9.47 Å². The number of piperidine rings is 1. The van der Waals surface area contributed by atoms with Crippen LogP contribution < -0.4 is 10.1 Å². The van der Waals surface area contributed by atoms with Crippen LogP contribution in [0.4, 0.5) is 0 Å². The van der Waals surface area contributed by atoms with Gasteiger partial charge < -0.3 is 14.8 Å². The van der Waals surface area contributed by atoms with Gasteiger partial charge in [0, 0.05) is 19.0 Å². The van der Waals surface area contributed by atoms with Crippen LogP contribution in [0.3, 0.4) is 0 Å². The highest BCUT2D eigenvalue weighted by Crippen LogP contribution is 2.30. The number of hydrogen-bond donors (Lipinski definition) is 1. The van der Waals surface area contributed by atoms with Gasteiger partial charge in [0.05, 0.1) is 19.1 Å². The number of nitrogens with one attached hydrogen (secondary N) is 1. The lowest BCUT2D eigenvalue weighted by molar-refractivity contribution is -0.152. The molecule has 2 fully saturated rings. The lowest BCUT2D eigenvalue weighted by atomic mass is 9.88. The van der Waals surface area contributed by atoms with E-state index in [1.165, 1.54) is 30.7 Å². The summed E-state index contributed by atoms with van der Waals surface area (Å²) < 4.78 is 37.4. The minimum Gasteiger partial charge on any atom is -0.497 e. The van der Waals surface area contributed by atoms with Gasteiger partial charge in [0.1, 0.15) is 11.3 Å². The van der Waals surface area contributed by atoms with Crippen molar-refractivity contribution in [3.63, 3.8) is 0 Å². The maximum atomic E-state index is 13.0. The van der Waals surface area contributed by atoms with Crippen LogP contribution in [0.1, 0.15) is 51.4 Å². The second-order valence-corrected chi connectivity index (χ2v) is 10.3. The van der Waals surface area contributed by atoms with E-state index < -0.39 is 15.6 Å². The molecule has 1 N–H and O–H groups in total. The molecule has 1 heterocycles. The van der Waals surface area contributed by atoms with Gasteiger partial charge in [-0.2, -0.15) is 4.31 Å². The third-order valence-electron chi connectivity index (χ3n) is 6.42. The lowest BCUT2D eigenvalue weighted by Gasteiger charge is -2.35.